The number of rotatable bonds is 1. The summed E-state index contributed by atoms with van der Waals surface area (Å²) in [4.78, 5) is 23.6. The number of carbonyl (C=O) groups is 1. The Labute approximate surface area is 133 Å². The number of aromatic carboxylic acids is 1. The minimum absolute atomic E-state index is 0.0994. The van der Waals surface area contributed by atoms with E-state index < -0.39 is 11.4 Å². The molecule has 0 aliphatic carbocycles. The summed E-state index contributed by atoms with van der Waals surface area (Å²) in [5.74, 6) is -1.18. The number of aromatic nitrogens is 1. The number of nitrogens with zero attached hydrogens (tertiary/aromatic N) is 2. The summed E-state index contributed by atoms with van der Waals surface area (Å²) in [6.45, 7) is 4.31. The molecule has 4 rings (SSSR count). The Morgan fingerprint density at radius 1 is 1.30 bits per heavy atom. The molecule has 3 heterocycles. The molecule has 0 amide bonds. The highest BCUT2D eigenvalue weighted by molar-refractivity contribution is 5.88. The molecule has 0 saturated carbocycles. The number of benzene rings is 1. The lowest BCUT2D eigenvalue weighted by Gasteiger charge is -2.44. The monoisotopic (exact) mass is 310 g/mol. The van der Waals surface area contributed by atoms with Crippen molar-refractivity contribution in [3.05, 3.63) is 57.9 Å². The second kappa shape index (κ2) is 4.47. The van der Waals surface area contributed by atoms with E-state index >= 15 is 0 Å². The van der Waals surface area contributed by atoms with Crippen molar-refractivity contribution in [2.75, 3.05) is 5.01 Å². The molecule has 2 aromatic rings. The number of hydrogen-bond donors (Lipinski definition) is 1. The average Bonchev–Trinajstić information content (AvgIpc) is 2.83. The van der Waals surface area contributed by atoms with Gasteiger partial charge in [-0.3, -0.25) is 14.5 Å². The molecule has 0 radical (unpaired) electrons. The van der Waals surface area contributed by atoms with Crippen molar-refractivity contribution in [3.63, 3.8) is 0 Å². The minimum atomic E-state index is -1.18. The molecule has 5 nitrogen and oxygen atoms in total. The second-order valence-corrected chi connectivity index (χ2v) is 6.89. The van der Waals surface area contributed by atoms with E-state index in [1.54, 1.807) is 0 Å². The van der Waals surface area contributed by atoms with Gasteiger partial charge in [0.15, 0.2) is 5.43 Å². The van der Waals surface area contributed by atoms with Crippen LogP contribution in [0, 0.1) is 0 Å². The van der Waals surface area contributed by atoms with Gasteiger partial charge >= 0.3 is 5.97 Å². The lowest BCUT2D eigenvalue weighted by molar-refractivity contribution is 0.0694. The Morgan fingerprint density at radius 3 is 2.78 bits per heavy atom. The van der Waals surface area contributed by atoms with Crippen molar-refractivity contribution < 1.29 is 9.90 Å². The molecule has 1 N–H and O–H groups in total. The van der Waals surface area contributed by atoms with Gasteiger partial charge in [0.25, 0.3) is 0 Å². The van der Waals surface area contributed by atoms with E-state index in [1.165, 1.54) is 17.8 Å². The van der Waals surface area contributed by atoms with Crippen LogP contribution in [0.4, 0.5) is 0 Å². The van der Waals surface area contributed by atoms with Gasteiger partial charge in [0, 0.05) is 17.8 Å². The van der Waals surface area contributed by atoms with Gasteiger partial charge < -0.3 is 5.11 Å². The molecular weight excluding hydrogens is 292 g/mol. The molecule has 2 aliphatic rings. The molecule has 118 valence electrons. The highest BCUT2D eigenvalue weighted by atomic mass is 16.4. The van der Waals surface area contributed by atoms with Crippen LogP contribution in [-0.4, -0.2) is 21.3 Å². The largest absolute Gasteiger partial charge is 0.477 e. The first-order valence-corrected chi connectivity index (χ1v) is 7.79. The van der Waals surface area contributed by atoms with Crippen LogP contribution in [0.5, 0.6) is 0 Å². The van der Waals surface area contributed by atoms with Crippen LogP contribution >= 0.6 is 0 Å². The van der Waals surface area contributed by atoms with Gasteiger partial charge in [0.1, 0.15) is 5.56 Å². The fraction of sp³-hybridized carbons (Fsp3) is 0.333. The second-order valence-electron chi connectivity index (χ2n) is 6.89. The molecule has 23 heavy (non-hydrogen) atoms. The zero-order chi connectivity index (χ0) is 16.4. The van der Waals surface area contributed by atoms with Gasteiger partial charge in [-0.25, -0.2) is 4.79 Å². The molecule has 0 spiro atoms. The topological polar surface area (TPSA) is 62.5 Å². The fourth-order valence-electron chi connectivity index (χ4n) is 3.96. The third-order valence-corrected chi connectivity index (χ3v) is 5.03. The third kappa shape index (κ3) is 1.86. The van der Waals surface area contributed by atoms with Gasteiger partial charge in [-0.2, -0.15) is 0 Å². The van der Waals surface area contributed by atoms with Crippen molar-refractivity contribution >= 4 is 5.97 Å². The van der Waals surface area contributed by atoms with E-state index in [2.05, 4.69) is 24.9 Å². The van der Waals surface area contributed by atoms with E-state index in [0.717, 1.165) is 24.1 Å². The van der Waals surface area contributed by atoms with Crippen LogP contribution < -0.4 is 10.4 Å². The Bertz CT molecular complexity index is 882. The molecule has 0 bridgehead atoms. The van der Waals surface area contributed by atoms with Crippen LogP contribution in [-0.2, 0) is 0 Å². The first kappa shape index (κ1) is 14.1. The number of fused-ring (bicyclic) bond motifs is 6. The van der Waals surface area contributed by atoms with Crippen molar-refractivity contribution in [1.82, 2.24) is 4.68 Å². The molecular formula is C18H18N2O3. The fourth-order valence-corrected chi connectivity index (χ4v) is 3.96. The first-order chi connectivity index (χ1) is 10.9. The minimum Gasteiger partial charge on any atom is -0.477 e. The van der Waals surface area contributed by atoms with Crippen LogP contribution in [0.15, 0.2) is 41.3 Å². The number of carboxylic acid groups (broad SMARTS) is 1. The van der Waals surface area contributed by atoms with E-state index in [9.17, 15) is 14.7 Å². The predicted molar refractivity (Wildman–Crippen MR) is 87.4 cm³/mol. The molecule has 1 atom stereocenters. The van der Waals surface area contributed by atoms with Gasteiger partial charge in [-0.15, -0.1) is 0 Å². The number of carboxylic acids is 1. The summed E-state index contributed by atoms with van der Waals surface area (Å²) in [7, 11) is 0. The molecule has 1 saturated heterocycles. The van der Waals surface area contributed by atoms with Crippen molar-refractivity contribution in [3.8, 4) is 11.3 Å². The van der Waals surface area contributed by atoms with E-state index in [0.29, 0.717) is 0 Å². The molecule has 1 aromatic carbocycles. The summed E-state index contributed by atoms with van der Waals surface area (Å²) in [6.07, 6.45) is 3.51. The maximum Gasteiger partial charge on any atom is 0.341 e. The maximum atomic E-state index is 12.2. The summed E-state index contributed by atoms with van der Waals surface area (Å²) in [6, 6.07) is 9.73. The lowest BCUT2D eigenvalue weighted by atomic mass is 9.94. The molecule has 1 unspecified atom stereocenters. The Hall–Kier alpha value is -2.56. The van der Waals surface area contributed by atoms with Crippen molar-refractivity contribution in [1.29, 1.82) is 0 Å². The summed E-state index contributed by atoms with van der Waals surface area (Å²) in [5, 5.41) is 11.5. The Morgan fingerprint density at radius 2 is 2.04 bits per heavy atom. The Balaban J connectivity index is 2.07. The lowest BCUT2D eigenvalue weighted by Crippen LogP contribution is -2.50. The standard InChI is InChI=1S/C18H18N2O3/c1-18(2)8-7-14-11-5-3-4-6-12(11)15-9-16(21)13(17(22)23)10-19(15)20(14)18/h3-6,9-10,14H,7-8H2,1-2H3,(H,22,23). The quantitative estimate of drug-likeness (QED) is 0.880. The summed E-state index contributed by atoms with van der Waals surface area (Å²) >= 11 is 0. The third-order valence-electron chi connectivity index (χ3n) is 5.03. The number of pyridine rings is 1. The van der Waals surface area contributed by atoms with Gasteiger partial charge in [-0.1, -0.05) is 24.3 Å². The van der Waals surface area contributed by atoms with Gasteiger partial charge in [0.2, 0.25) is 0 Å². The SMILES string of the molecule is CC1(C)CCC2c3ccccc3-c3cc(=O)c(C(=O)O)cn3N21. The average molecular weight is 310 g/mol. The molecule has 1 aromatic heterocycles. The Kier molecular flexibility index (Phi) is 2.73. The normalized spacial score (nSPS) is 20.6. The van der Waals surface area contributed by atoms with Crippen LogP contribution in [0.25, 0.3) is 11.3 Å². The number of hydrogen-bond acceptors (Lipinski definition) is 3. The zero-order valence-corrected chi connectivity index (χ0v) is 13.1. The first-order valence-electron chi connectivity index (χ1n) is 7.79. The van der Waals surface area contributed by atoms with Crippen LogP contribution in [0.3, 0.4) is 0 Å². The smallest absolute Gasteiger partial charge is 0.341 e. The van der Waals surface area contributed by atoms with E-state index in [1.807, 2.05) is 22.9 Å². The van der Waals surface area contributed by atoms with E-state index in [-0.39, 0.29) is 17.1 Å². The van der Waals surface area contributed by atoms with Gasteiger partial charge in [0.05, 0.1) is 17.3 Å². The van der Waals surface area contributed by atoms with Crippen LogP contribution in [0.1, 0.15) is 48.7 Å². The molecule has 2 aliphatic heterocycles. The van der Waals surface area contributed by atoms with E-state index in [4.69, 9.17) is 0 Å². The predicted octanol–water partition coefficient (Wildman–Crippen LogP) is 2.78. The maximum absolute atomic E-state index is 12.2. The highest BCUT2D eigenvalue weighted by Gasteiger charge is 2.44. The van der Waals surface area contributed by atoms with Crippen LogP contribution in [0.2, 0.25) is 0 Å². The summed E-state index contributed by atoms with van der Waals surface area (Å²) < 4.78 is 1.88. The van der Waals surface area contributed by atoms with Gasteiger partial charge in [-0.05, 0) is 32.3 Å². The molecule has 1 fully saturated rings. The van der Waals surface area contributed by atoms with Crippen molar-refractivity contribution in [2.45, 2.75) is 38.3 Å². The highest BCUT2D eigenvalue weighted by Crippen LogP contribution is 2.47. The zero-order valence-electron chi connectivity index (χ0n) is 13.1. The van der Waals surface area contributed by atoms with Crippen molar-refractivity contribution in [2.24, 2.45) is 0 Å². The summed E-state index contributed by atoms with van der Waals surface area (Å²) in [5.41, 5.74) is 2.25. The molecule has 5 heteroatoms.